The highest BCUT2D eigenvalue weighted by molar-refractivity contribution is 6.05. The molecule has 1 aromatic carbocycles. The topological polar surface area (TPSA) is 97.5 Å². The molecule has 4 N–H and O–H groups in total. The molecule has 0 atom stereocenters. The predicted octanol–water partition coefficient (Wildman–Crippen LogP) is 1.51. The zero-order chi connectivity index (χ0) is 14.5. The number of carbonyl (C=O) groups excluding carboxylic acids is 1. The first-order valence-electron chi connectivity index (χ1n) is 5.97. The average Bonchev–Trinajstić information content (AvgIpc) is 2.47. The lowest BCUT2D eigenvalue weighted by molar-refractivity contribution is 0.102. The van der Waals surface area contributed by atoms with Crippen molar-refractivity contribution in [2.24, 2.45) is 5.73 Å². The molecule has 0 fully saturated rings. The van der Waals surface area contributed by atoms with Gasteiger partial charge in [0.05, 0.1) is 12.7 Å². The number of nitrogens with two attached hydrogens (primary N) is 1. The molecule has 1 amide bonds. The number of phenols is 1. The number of nitrogens with one attached hydrogen (secondary N) is 1. The monoisotopic (exact) mass is 273 g/mol. The Hall–Kier alpha value is -2.60. The first-order chi connectivity index (χ1) is 9.63. The van der Waals surface area contributed by atoms with Gasteiger partial charge in [0, 0.05) is 18.8 Å². The van der Waals surface area contributed by atoms with Crippen molar-refractivity contribution in [3.8, 4) is 11.5 Å². The van der Waals surface area contributed by atoms with Crippen LogP contribution in [0.1, 0.15) is 15.9 Å². The number of nitrogens with zero attached hydrogens (tertiary/aromatic N) is 1. The number of benzene rings is 1. The molecule has 0 radical (unpaired) electrons. The summed E-state index contributed by atoms with van der Waals surface area (Å²) in [6.07, 6.45) is 1.59. The van der Waals surface area contributed by atoms with E-state index in [0.717, 1.165) is 5.56 Å². The zero-order valence-electron chi connectivity index (χ0n) is 11.0. The van der Waals surface area contributed by atoms with Crippen LogP contribution in [0, 0.1) is 0 Å². The van der Waals surface area contributed by atoms with E-state index in [9.17, 15) is 9.90 Å². The number of methoxy groups -OCH3 is 1. The number of aromatic nitrogens is 1. The van der Waals surface area contributed by atoms with E-state index in [1.807, 2.05) is 0 Å². The van der Waals surface area contributed by atoms with E-state index >= 15 is 0 Å². The third kappa shape index (κ3) is 3.04. The molecule has 0 aliphatic carbocycles. The van der Waals surface area contributed by atoms with Crippen molar-refractivity contribution in [2.45, 2.75) is 6.54 Å². The fourth-order valence-electron chi connectivity index (χ4n) is 1.63. The maximum Gasteiger partial charge on any atom is 0.260 e. The van der Waals surface area contributed by atoms with Gasteiger partial charge in [-0.1, -0.05) is 6.07 Å². The van der Waals surface area contributed by atoms with Crippen LogP contribution in [0.4, 0.5) is 5.82 Å². The SMILES string of the molecule is COc1ccc(C(=O)Nc2ccc(CN)cn2)c(O)c1. The molecular weight excluding hydrogens is 258 g/mol. The van der Waals surface area contributed by atoms with Gasteiger partial charge in [-0.25, -0.2) is 4.98 Å². The Morgan fingerprint density at radius 1 is 1.40 bits per heavy atom. The summed E-state index contributed by atoms with van der Waals surface area (Å²) in [7, 11) is 1.48. The highest BCUT2D eigenvalue weighted by atomic mass is 16.5. The second kappa shape index (κ2) is 6.03. The van der Waals surface area contributed by atoms with Gasteiger partial charge in [0.25, 0.3) is 5.91 Å². The highest BCUT2D eigenvalue weighted by Crippen LogP contribution is 2.24. The van der Waals surface area contributed by atoms with E-state index < -0.39 is 5.91 Å². The van der Waals surface area contributed by atoms with Crippen LogP contribution in [0.2, 0.25) is 0 Å². The lowest BCUT2D eigenvalue weighted by Gasteiger charge is -2.08. The first-order valence-corrected chi connectivity index (χ1v) is 5.97. The van der Waals surface area contributed by atoms with Gasteiger partial charge in [0.15, 0.2) is 0 Å². The van der Waals surface area contributed by atoms with Crippen molar-refractivity contribution in [3.63, 3.8) is 0 Å². The molecule has 0 unspecified atom stereocenters. The van der Waals surface area contributed by atoms with Crippen LogP contribution in [0.5, 0.6) is 11.5 Å². The Balaban J connectivity index is 2.14. The molecule has 0 spiro atoms. The Morgan fingerprint density at radius 3 is 2.75 bits per heavy atom. The molecule has 0 aliphatic rings. The van der Waals surface area contributed by atoms with Crippen LogP contribution < -0.4 is 15.8 Å². The molecule has 2 rings (SSSR count). The summed E-state index contributed by atoms with van der Waals surface area (Å²) >= 11 is 0. The Morgan fingerprint density at radius 2 is 2.20 bits per heavy atom. The van der Waals surface area contributed by atoms with E-state index in [0.29, 0.717) is 18.1 Å². The van der Waals surface area contributed by atoms with Crippen molar-refractivity contribution in [1.82, 2.24) is 4.98 Å². The smallest absolute Gasteiger partial charge is 0.260 e. The molecule has 6 nitrogen and oxygen atoms in total. The third-order valence-electron chi connectivity index (χ3n) is 2.75. The molecule has 0 saturated carbocycles. The summed E-state index contributed by atoms with van der Waals surface area (Å²) in [6, 6.07) is 7.88. The summed E-state index contributed by atoms with van der Waals surface area (Å²) in [5, 5.41) is 12.4. The number of hydrogen-bond donors (Lipinski definition) is 3. The maximum absolute atomic E-state index is 12.0. The highest BCUT2D eigenvalue weighted by Gasteiger charge is 2.12. The van der Waals surface area contributed by atoms with Crippen molar-refractivity contribution >= 4 is 11.7 Å². The third-order valence-corrected chi connectivity index (χ3v) is 2.75. The van der Waals surface area contributed by atoms with Gasteiger partial charge in [-0.2, -0.15) is 0 Å². The van der Waals surface area contributed by atoms with E-state index in [-0.39, 0.29) is 11.3 Å². The number of rotatable bonds is 4. The normalized spacial score (nSPS) is 10.1. The number of pyridine rings is 1. The van der Waals surface area contributed by atoms with Gasteiger partial charge in [0.2, 0.25) is 0 Å². The minimum Gasteiger partial charge on any atom is -0.507 e. The lowest BCUT2D eigenvalue weighted by Crippen LogP contribution is -2.13. The maximum atomic E-state index is 12.0. The quantitative estimate of drug-likeness (QED) is 0.784. The van der Waals surface area contributed by atoms with Crippen molar-refractivity contribution in [2.75, 3.05) is 12.4 Å². The number of carbonyl (C=O) groups is 1. The van der Waals surface area contributed by atoms with E-state index in [1.54, 1.807) is 24.4 Å². The molecule has 104 valence electrons. The van der Waals surface area contributed by atoms with Gasteiger partial charge in [-0.3, -0.25) is 4.79 Å². The largest absolute Gasteiger partial charge is 0.507 e. The number of amides is 1. The molecule has 2 aromatic rings. The molecule has 0 aliphatic heterocycles. The van der Waals surface area contributed by atoms with Crippen LogP contribution in [-0.4, -0.2) is 23.1 Å². The van der Waals surface area contributed by atoms with E-state index in [2.05, 4.69) is 10.3 Å². The Labute approximate surface area is 116 Å². The minimum atomic E-state index is -0.446. The van der Waals surface area contributed by atoms with E-state index in [1.165, 1.54) is 19.2 Å². The lowest BCUT2D eigenvalue weighted by atomic mass is 10.2. The summed E-state index contributed by atoms with van der Waals surface area (Å²) in [5.74, 6) is 0.269. The number of aromatic hydroxyl groups is 1. The number of ether oxygens (including phenoxy) is 1. The van der Waals surface area contributed by atoms with E-state index in [4.69, 9.17) is 10.5 Å². The molecule has 0 saturated heterocycles. The minimum absolute atomic E-state index is 0.149. The van der Waals surface area contributed by atoms with Gasteiger partial charge < -0.3 is 20.9 Å². The summed E-state index contributed by atoms with van der Waals surface area (Å²) in [6.45, 7) is 0.389. The average molecular weight is 273 g/mol. The fourth-order valence-corrected chi connectivity index (χ4v) is 1.63. The van der Waals surface area contributed by atoms with Crippen LogP contribution in [0.15, 0.2) is 36.5 Å². The molecule has 1 heterocycles. The Kier molecular flexibility index (Phi) is 4.17. The second-order valence-corrected chi connectivity index (χ2v) is 4.09. The van der Waals surface area contributed by atoms with Crippen molar-refractivity contribution in [3.05, 3.63) is 47.7 Å². The van der Waals surface area contributed by atoms with Crippen LogP contribution >= 0.6 is 0 Å². The zero-order valence-corrected chi connectivity index (χ0v) is 11.0. The predicted molar refractivity (Wildman–Crippen MR) is 74.7 cm³/mol. The summed E-state index contributed by atoms with van der Waals surface area (Å²) in [5.41, 5.74) is 6.49. The number of hydrogen-bond acceptors (Lipinski definition) is 5. The first kappa shape index (κ1) is 13.8. The molecule has 6 heteroatoms. The van der Waals surface area contributed by atoms with Crippen LogP contribution in [0.3, 0.4) is 0 Å². The van der Waals surface area contributed by atoms with Crippen molar-refractivity contribution in [1.29, 1.82) is 0 Å². The van der Waals surface area contributed by atoms with Crippen molar-refractivity contribution < 1.29 is 14.6 Å². The summed E-state index contributed by atoms with van der Waals surface area (Å²) < 4.78 is 4.96. The van der Waals surface area contributed by atoms with Gasteiger partial charge in [0.1, 0.15) is 17.3 Å². The standard InChI is InChI=1S/C14H15N3O3/c1-20-10-3-4-11(12(18)6-10)14(19)17-13-5-2-9(7-15)8-16-13/h2-6,8,18H,7,15H2,1H3,(H,16,17,19). The van der Waals surface area contributed by atoms with Gasteiger partial charge in [-0.15, -0.1) is 0 Å². The fraction of sp³-hybridized carbons (Fsp3) is 0.143. The number of phenolic OH excluding ortho intramolecular Hbond substituents is 1. The molecule has 0 bridgehead atoms. The van der Waals surface area contributed by atoms with Gasteiger partial charge >= 0.3 is 0 Å². The summed E-state index contributed by atoms with van der Waals surface area (Å²) in [4.78, 5) is 16.1. The Bertz CT molecular complexity index is 612. The molecular formula is C14H15N3O3. The van der Waals surface area contributed by atoms with Gasteiger partial charge in [-0.05, 0) is 23.8 Å². The van der Waals surface area contributed by atoms with Crippen LogP contribution in [-0.2, 0) is 6.54 Å². The van der Waals surface area contributed by atoms with Crippen LogP contribution in [0.25, 0.3) is 0 Å². The number of anilines is 1. The molecule has 20 heavy (non-hydrogen) atoms. The second-order valence-electron chi connectivity index (χ2n) is 4.09. The molecule has 1 aromatic heterocycles.